The van der Waals surface area contributed by atoms with E-state index in [2.05, 4.69) is 20.4 Å². The van der Waals surface area contributed by atoms with E-state index in [0.717, 1.165) is 31.3 Å². The van der Waals surface area contributed by atoms with Gasteiger partial charge < -0.3 is 25.5 Å². The van der Waals surface area contributed by atoms with Gasteiger partial charge in [-0.15, -0.1) is 0 Å². The fourth-order valence-corrected chi connectivity index (χ4v) is 10.5. The van der Waals surface area contributed by atoms with Gasteiger partial charge in [-0.2, -0.15) is 8.42 Å². The van der Waals surface area contributed by atoms with Crippen LogP contribution >= 0.6 is 0 Å². The molecule has 4 aliphatic rings. The van der Waals surface area contributed by atoms with Crippen LogP contribution in [0.15, 0.2) is 12.2 Å². The highest BCUT2D eigenvalue weighted by Crippen LogP contribution is 2.69. The molecule has 0 bridgehead atoms. The summed E-state index contributed by atoms with van der Waals surface area (Å²) >= 11 is 0. The molecule has 39 heavy (non-hydrogen) atoms. The standard InChI is InChI=1S/C29H50O9S/c1-6-18(16(2)3)8-7-17(4)29(34)26(33)25(32)24-20-10-9-19-13-22(31)23(38-39(35,36)37)14-27(19,5)21(20)11-12-28(24,29)15-30/h17-26,30-34H,2,6-15H2,1,3-5H3,(H,35,36,37)/t17-,18?,19+,20-,21+,22+,23+,24-,25+,26-,27+,28-,29-/m1/s1. The summed E-state index contributed by atoms with van der Waals surface area (Å²) in [5, 5.41) is 56.9. The zero-order chi connectivity index (χ0) is 29.1. The molecule has 4 saturated carbocycles. The van der Waals surface area contributed by atoms with Gasteiger partial charge in [-0.25, -0.2) is 4.18 Å². The third-order valence-corrected chi connectivity index (χ3v) is 12.6. The largest absolute Gasteiger partial charge is 0.397 e. The van der Waals surface area contributed by atoms with Gasteiger partial charge in [0.1, 0.15) is 17.8 Å². The van der Waals surface area contributed by atoms with Crippen molar-refractivity contribution >= 4 is 10.4 Å². The minimum Gasteiger partial charge on any atom is -0.396 e. The van der Waals surface area contributed by atoms with Crippen LogP contribution in [0.2, 0.25) is 0 Å². The van der Waals surface area contributed by atoms with Crippen LogP contribution in [-0.4, -0.2) is 75.1 Å². The molecule has 0 aromatic heterocycles. The number of aliphatic hydroxyl groups is 5. The van der Waals surface area contributed by atoms with Gasteiger partial charge in [0.05, 0.1) is 18.8 Å². The van der Waals surface area contributed by atoms with E-state index >= 15 is 0 Å². The molecule has 0 aliphatic heterocycles. The van der Waals surface area contributed by atoms with E-state index in [-0.39, 0.29) is 36.7 Å². The summed E-state index contributed by atoms with van der Waals surface area (Å²) in [5.74, 6) is -0.602. The monoisotopic (exact) mass is 574 g/mol. The molecule has 0 amide bonds. The topological polar surface area (TPSA) is 165 Å². The van der Waals surface area contributed by atoms with E-state index < -0.39 is 57.2 Å². The molecule has 0 spiro atoms. The minimum atomic E-state index is -4.74. The number of rotatable bonds is 9. The third-order valence-electron chi connectivity index (χ3n) is 12.1. The van der Waals surface area contributed by atoms with Gasteiger partial charge in [-0.3, -0.25) is 4.55 Å². The quantitative estimate of drug-likeness (QED) is 0.179. The molecule has 4 fully saturated rings. The Morgan fingerprint density at radius 3 is 2.38 bits per heavy atom. The predicted molar refractivity (Wildman–Crippen MR) is 146 cm³/mol. The van der Waals surface area contributed by atoms with Crippen LogP contribution in [0, 0.1) is 46.3 Å². The zero-order valence-electron chi connectivity index (χ0n) is 23.9. The molecule has 0 aromatic rings. The second kappa shape index (κ2) is 10.9. The lowest BCUT2D eigenvalue weighted by Gasteiger charge is -2.62. The minimum absolute atomic E-state index is 0.00770. The lowest BCUT2D eigenvalue weighted by Crippen LogP contribution is -2.63. The Hall–Kier alpha value is -0.590. The van der Waals surface area contributed by atoms with E-state index in [1.54, 1.807) is 0 Å². The summed E-state index contributed by atoms with van der Waals surface area (Å²) in [5.41, 5.74) is -2.09. The van der Waals surface area contributed by atoms with Gasteiger partial charge in [0.15, 0.2) is 0 Å². The zero-order valence-corrected chi connectivity index (χ0v) is 24.7. The second-order valence-corrected chi connectivity index (χ2v) is 14.7. The number of allylic oxidation sites excluding steroid dienone is 1. The lowest BCUT2D eigenvalue weighted by molar-refractivity contribution is -0.217. The number of hydrogen-bond donors (Lipinski definition) is 6. The first-order valence-corrected chi connectivity index (χ1v) is 16.1. The first-order chi connectivity index (χ1) is 18.1. The van der Waals surface area contributed by atoms with Crippen molar-refractivity contribution in [1.29, 1.82) is 0 Å². The molecule has 0 saturated heterocycles. The van der Waals surface area contributed by atoms with Crippen LogP contribution in [0.3, 0.4) is 0 Å². The Kier molecular flexibility index (Phi) is 8.77. The van der Waals surface area contributed by atoms with Crippen LogP contribution in [-0.2, 0) is 14.6 Å². The van der Waals surface area contributed by atoms with Crippen LogP contribution in [0.1, 0.15) is 85.5 Å². The van der Waals surface area contributed by atoms with Gasteiger partial charge in [-0.05, 0) is 99.7 Å². The molecule has 0 heterocycles. The number of aliphatic hydroxyl groups excluding tert-OH is 4. The van der Waals surface area contributed by atoms with Crippen molar-refractivity contribution in [3.8, 4) is 0 Å². The first-order valence-electron chi connectivity index (χ1n) is 14.8. The van der Waals surface area contributed by atoms with Gasteiger partial charge in [0.2, 0.25) is 0 Å². The average molecular weight is 575 g/mol. The van der Waals surface area contributed by atoms with Crippen molar-refractivity contribution in [3.05, 3.63) is 12.2 Å². The number of fused-ring (bicyclic) bond motifs is 5. The van der Waals surface area contributed by atoms with Gasteiger partial charge in [0, 0.05) is 11.3 Å². The maximum absolute atomic E-state index is 12.3. The summed E-state index contributed by atoms with van der Waals surface area (Å²) in [6.07, 6.45) is 0.737. The van der Waals surface area contributed by atoms with Crippen LogP contribution < -0.4 is 0 Å². The fourth-order valence-electron chi connectivity index (χ4n) is 10.0. The van der Waals surface area contributed by atoms with Crippen molar-refractivity contribution < 1.29 is 42.7 Å². The second-order valence-electron chi connectivity index (χ2n) is 13.7. The predicted octanol–water partition coefficient (Wildman–Crippen LogP) is 2.85. The lowest BCUT2D eigenvalue weighted by atomic mass is 9.43. The smallest absolute Gasteiger partial charge is 0.396 e. The molecular formula is C29H50O9S. The number of hydrogen-bond acceptors (Lipinski definition) is 8. The summed E-state index contributed by atoms with van der Waals surface area (Å²) in [6.45, 7) is 11.8. The third kappa shape index (κ3) is 4.94. The molecule has 4 rings (SSSR count). The fraction of sp³-hybridized carbons (Fsp3) is 0.931. The van der Waals surface area contributed by atoms with Crippen molar-refractivity contribution in [2.75, 3.05) is 6.61 Å². The first kappa shape index (κ1) is 31.3. The molecule has 4 aliphatic carbocycles. The molecule has 226 valence electrons. The van der Waals surface area contributed by atoms with Gasteiger partial charge in [-0.1, -0.05) is 32.9 Å². The van der Waals surface area contributed by atoms with E-state index in [1.165, 1.54) is 0 Å². The molecule has 9 nitrogen and oxygen atoms in total. The van der Waals surface area contributed by atoms with E-state index in [4.69, 9.17) is 4.18 Å². The highest BCUT2D eigenvalue weighted by Gasteiger charge is 2.74. The maximum Gasteiger partial charge on any atom is 0.397 e. The molecule has 10 heteroatoms. The Labute approximate surface area is 233 Å². The highest BCUT2D eigenvalue weighted by molar-refractivity contribution is 7.80. The summed E-state index contributed by atoms with van der Waals surface area (Å²) in [4.78, 5) is 0. The Morgan fingerprint density at radius 2 is 1.82 bits per heavy atom. The molecule has 0 aromatic carbocycles. The maximum atomic E-state index is 12.3. The van der Waals surface area contributed by atoms with Gasteiger partial charge >= 0.3 is 10.4 Å². The Balaban J connectivity index is 1.64. The Morgan fingerprint density at radius 1 is 1.15 bits per heavy atom. The van der Waals surface area contributed by atoms with Crippen molar-refractivity contribution in [2.24, 2.45) is 46.3 Å². The van der Waals surface area contributed by atoms with Crippen molar-refractivity contribution in [2.45, 2.75) is 115 Å². The highest BCUT2D eigenvalue weighted by atomic mass is 32.3. The molecule has 6 N–H and O–H groups in total. The summed E-state index contributed by atoms with van der Waals surface area (Å²) in [7, 11) is -4.74. The Bertz CT molecular complexity index is 1020. The van der Waals surface area contributed by atoms with E-state index in [0.29, 0.717) is 31.6 Å². The van der Waals surface area contributed by atoms with E-state index in [1.807, 2.05) is 13.8 Å². The molecule has 0 radical (unpaired) electrons. The van der Waals surface area contributed by atoms with E-state index in [9.17, 15) is 38.5 Å². The summed E-state index contributed by atoms with van der Waals surface area (Å²) < 4.78 is 37.2. The summed E-state index contributed by atoms with van der Waals surface area (Å²) in [6, 6.07) is 0. The van der Waals surface area contributed by atoms with Crippen LogP contribution in [0.4, 0.5) is 0 Å². The van der Waals surface area contributed by atoms with Crippen LogP contribution in [0.5, 0.6) is 0 Å². The van der Waals surface area contributed by atoms with Gasteiger partial charge in [0.25, 0.3) is 0 Å². The molecular weight excluding hydrogens is 524 g/mol. The SMILES string of the molecule is C=C(C)C(CC)CC[C@@H](C)[C@@]1(O)[C@H](O)[C@@H](O)[C@H]2[C@@H]3CC[C@H]4C[C@H](O)[C@@H](OS(=O)(=O)O)C[C@]4(C)[C@H]3CC[C@@]21CO. The van der Waals surface area contributed by atoms with Crippen LogP contribution in [0.25, 0.3) is 0 Å². The average Bonchev–Trinajstić information content (AvgIpc) is 3.03. The molecule has 1 unspecified atom stereocenters. The normalized spacial score (nSPS) is 47.5. The van der Waals surface area contributed by atoms with Crippen molar-refractivity contribution in [3.63, 3.8) is 0 Å². The molecule has 13 atom stereocenters. The van der Waals surface area contributed by atoms with Crippen molar-refractivity contribution in [1.82, 2.24) is 0 Å².